The molecule has 2 heterocycles. The molecule has 140 valence electrons. The SMILES string of the molecule is COc1cccc(-c2csc3nc(C45CC6CCCC(C4)C(C6)C5)cn23)c1. The van der Waals surface area contributed by atoms with Crippen molar-refractivity contribution in [2.24, 2.45) is 17.8 Å². The summed E-state index contributed by atoms with van der Waals surface area (Å²) in [6.07, 6.45) is 12.4. The fourth-order valence-corrected chi connectivity index (χ4v) is 7.38. The zero-order chi connectivity index (χ0) is 18.0. The molecule has 3 aliphatic carbocycles. The molecule has 2 aromatic heterocycles. The molecule has 1 aromatic carbocycles. The van der Waals surface area contributed by atoms with Crippen molar-refractivity contribution in [1.82, 2.24) is 9.38 Å². The van der Waals surface area contributed by atoms with Crippen molar-refractivity contribution in [3.63, 3.8) is 0 Å². The highest BCUT2D eigenvalue weighted by Gasteiger charge is 2.53. The molecule has 0 radical (unpaired) electrons. The maximum absolute atomic E-state index is 5.43. The van der Waals surface area contributed by atoms with Gasteiger partial charge in [-0.15, -0.1) is 11.3 Å². The number of nitrogens with zero attached hydrogens (tertiary/aromatic N) is 2. The van der Waals surface area contributed by atoms with Crippen molar-refractivity contribution in [2.45, 2.75) is 50.4 Å². The van der Waals surface area contributed by atoms with Crippen molar-refractivity contribution in [3.8, 4) is 17.0 Å². The number of methoxy groups -OCH3 is 1. The fourth-order valence-electron chi connectivity index (χ4n) is 6.50. The third-order valence-electron chi connectivity index (χ3n) is 7.59. The van der Waals surface area contributed by atoms with Gasteiger partial charge < -0.3 is 4.74 Å². The van der Waals surface area contributed by atoms with Crippen LogP contribution in [0.3, 0.4) is 0 Å². The Balaban J connectivity index is 1.43. The van der Waals surface area contributed by atoms with E-state index in [1.54, 1.807) is 18.4 Å². The Labute approximate surface area is 164 Å². The predicted octanol–water partition coefficient (Wildman–Crippen LogP) is 5.93. The largest absolute Gasteiger partial charge is 0.497 e. The second-order valence-electron chi connectivity index (χ2n) is 9.08. The fraction of sp³-hybridized carbons (Fsp3) is 0.522. The molecule has 3 aromatic rings. The first-order valence-corrected chi connectivity index (χ1v) is 11.2. The highest BCUT2D eigenvalue weighted by atomic mass is 32.1. The lowest BCUT2D eigenvalue weighted by Gasteiger charge is -2.36. The number of hydrogen-bond donors (Lipinski definition) is 0. The van der Waals surface area contributed by atoms with E-state index in [0.29, 0.717) is 5.41 Å². The van der Waals surface area contributed by atoms with Gasteiger partial charge in [-0.1, -0.05) is 31.4 Å². The van der Waals surface area contributed by atoms with Crippen LogP contribution in [0.2, 0.25) is 0 Å². The van der Waals surface area contributed by atoms with Crippen LogP contribution in [0.4, 0.5) is 0 Å². The van der Waals surface area contributed by atoms with Gasteiger partial charge in [0, 0.05) is 22.6 Å². The highest BCUT2D eigenvalue weighted by molar-refractivity contribution is 7.15. The number of fused-ring (bicyclic) bond motifs is 3. The summed E-state index contributed by atoms with van der Waals surface area (Å²) in [4.78, 5) is 6.31. The van der Waals surface area contributed by atoms with Crippen LogP contribution < -0.4 is 4.74 Å². The second-order valence-corrected chi connectivity index (χ2v) is 9.91. The van der Waals surface area contributed by atoms with Crippen LogP contribution in [-0.2, 0) is 5.41 Å². The zero-order valence-corrected chi connectivity index (χ0v) is 16.7. The summed E-state index contributed by atoms with van der Waals surface area (Å²) in [7, 11) is 1.73. The molecule has 3 saturated carbocycles. The van der Waals surface area contributed by atoms with Gasteiger partial charge in [-0.05, 0) is 55.6 Å². The van der Waals surface area contributed by atoms with Crippen LogP contribution in [0.5, 0.6) is 5.75 Å². The summed E-state index contributed by atoms with van der Waals surface area (Å²) in [6.45, 7) is 0. The predicted molar refractivity (Wildman–Crippen MR) is 110 cm³/mol. The maximum atomic E-state index is 5.43. The van der Waals surface area contributed by atoms with E-state index in [1.807, 2.05) is 6.07 Å². The summed E-state index contributed by atoms with van der Waals surface area (Å²) in [6, 6.07) is 8.36. The summed E-state index contributed by atoms with van der Waals surface area (Å²) in [5.41, 5.74) is 4.16. The van der Waals surface area contributed by atoms with Crippen LogP contribution in [-0.4, -0.2) is 16.5 Å². The van der Waals surface area contributed by atoms with Crippen molar-refractivity contribution >= 4 is 16.3 Å². The Morgan fingerprint density at radius 2 is 2.11 bits per heavy atom. The number of hydrogen-bond acceptors (Lipinski definition) is 3. The Bertz CT molecular complexity index is 1000. The summed E-state index contributed by atoms with van der Waals surface area (Å²) in [5.74, 6) is 3.76. The number of imidazole rings is 1. The van der Waals surface area contributed by atoms with E-state index in [2.05, 4.69) is 34.2 Å². The van der Waals surface area contributed by atoms with E-state index in [9.17, 15) is 0 Å². The van der Waals surface area contributed by atoms with Gasteiger partial charge in [-0.3, -0.25) is 4.40 Å². The van der Waals surface area contributed by atoms with Crippen LogP contribution >= 0.6 is 11.3 Å². The molecule has 4 unspecified atom stereocenters. The highest BCUT2D eigenvalue weighted by Crippen LogP contribution is 2.60. The lowest BCUT2D eigenvalue weighted by atomic mass is 9.68. The summed E-state index contributed by atoms with van der Waals surface area (Å²) < 4.78 is 7.75. The molecule has 27 heavy (non-hydrogen) atoms. The Hall–Kier alpha value is -1.81. The van der Waals surface area contributed by atoms with Crippen LogP contribution in [0.25, 0.3) is 16.2 Å². The van der Waals surface area contributed by atoms with Gasteiger partial charge in [-0.25, -0.2) is 4.98 Å². The first-order chi connectivity index (χ1) is 13.2. The van der Waals surface area contributed by atoms with Gasteiger partial charge in [0.25, 0.3) is 0 Å². The maximum Gasteiger partial charge on any atom is 0.194 e. The molecule has 3 fully saturated rings. The van der Waals surface area contributed by atoms with Crippen LogP contribution in [0.1, 0.15) is 50.6 Å². The van der Waals surface area contributed by atoms with Gasteiger partial charge in [0.05, 0.1) is 18.5 Å². The average Bonchev–Trinajstić information content (AvgIpc) is 3.31. The lowest BCUT2D eigenvalue weighted by molar-refractivity contribution is 0.215. The molecule has 3 aliphatic rings. The molecular weight excluding hydrogens is 352 g/mol. The number of thiazole rings is 1. The molecule has 4 heteroatoms. The molecule has 3 bridgehead atoms. The number of rotatable bonds is 3. The third-order valence-corrected chi connectivity index (χ3v) is 8.43. The number of ether oxygens (including phenoxy) is 1. The molecule has 0 spiro atoms. The monoisotopic (exact) mass is 378 g/mol. The van der Waals surface area contributed by atoms with E-state index in [0.717, 1.165) is 28.5 Å². The summed E-state index contributed by atoms with van der Waals surface area (Å²) in [5, 5.41) is 2.23. The third kappa shape index (κ3) is 2.42. The standard InChI is InChI=1S/C23H26N2OS/c1-26-19-7-3-5-16(9-19)20-14-27-22-24-21(13-25(20)22)23-10-15-4-2-6-17(11-23)18(8-15)12-23/h3,5,7,9,13-15,17-18H,2,4,6,8,10-12H2,1H3. The molecule has 6 rings (SSSR count). The van der Waals surface area contributed by atoms with Gasteiger partial charge in [0.2, 0.25) is 0 Å². The van der Waals surface area contributed by atoms with Gasteiger partial charge in [0.15, 0.2) is 4.96 Å². The average molecular weight is 379 g/mol. The van der Waals surface area contributed by atoms with E-state index in [1.165, 1.54) is 61.9 Å². The van der Waals surface area contributed by atoms with Gasteiger partial charge in [0.1, 0.15) is 5.75 Å². The first-order valence-electron chi connectivity index (χ1n) is 10.4. The molecule has 0 amide bonds. The van der Waals surface area contributed by atoms with Crippen LogP contribution in [0, 0.1) is 17.8 Å². The Morgan fingerprint density at radius 3 is 3.04 bits per heavy atom. The van der Waals surface area contributed by atoms with Crippen molar-refractivity contribution in [2.75, 3.05) is 7.11 Å². The molecule has 0 aliphatic heterocycles. The minimum absolute atomic E-state index is 0.357. The van der Waals surface area contributed by atoms with Gasteiger partial charge >= 0.3 is 0 Å². The lowest BCUT2D eigenvalue weighted by Crippen LogP contribution is -2.31. The van der Waals surface area contributed by atoms with E-state index in [4.69, 9.17) is 9.72 Å². The topological polar surface area (TPSA) is 26.5 Å². The van der Waals surface area contributed by atoms with Crippen molar-refractivity contribution < 1.29 is 4.74 Å². The Kier molecular flexibility index (Phi) is 3.50. The van der Waals surface area contributed by atoms with E-state index >= 15 is 0 Å². The smallest absolute Gasteiger partial charge is 0.194 e. The molecular formula is C23H26N2OS. The van der Waals surface area contributed by atoms with E-state index < -0.39 is 0 Å². The molecule has 4 atom stereocenters. The zero-order valence-electron chi connectivity index (χ0n) is 15.9. The quantitative estimate of drug-likeness (QED) is 0.565. The number of benzene rings is 1. The van der Waals surface area contributed by atoms with Crippen molar-refractivity contribution in [3.05, 3.63) is 41.5 Å². The van der Waals surface area contributed by atoms with Crippen LogP contribution in [0.15, 0.2) is 35.8 Å². The normalized spacial score (nSPS) is 32.1. The molecule has 3 nitrogen and oxygen atoms in total. The van der Waals surface area contributed by atoms with Crippen molar-refractivity contribution in [1.29, 1.82) is 0 Å². The minimum Gasteiger partial charge on any atom is -0.497 e. The summed E-state index contributed by atoms with van der Waals surface area (Å²) >= 11 is 1.76. The Morgan fingerprint density at radius 1 is 1.19 bits per heavy atom. The number of aromatic nitrogens is 2. The first kappa shape index (κ1) is 16.2. The van der Waals surface area contributed by atoms with Gasteiger partial charge in [-0.2, -0.15) is 0 Å². The van der Waals surface area contributed by atoms with E-state index in [-0.39, 0.29) is 0 Å². The molecule has 0 saturated heterocycles. The minimum atomic E-state index is 0.357. The molecule has 0 N–H and O–H groups in total. The second kappa shape index (κ2) is 5.84.